The maximum atomic E-state index is 13.5. The van der Waals surface area contributed by atoms with Gasteiger partial charge in [-0.15, -0.1) is 0 Å². The summed E-state index contributed by atoms with van der Waals surface area (Å²) in [6.45, 7) is 7.48. The Hall–Kier alpha value is -3.66. The zero-order chi connectivity index (χ0) is 27.5. The first-order valence-electron chi connectivity index (χ1n) is 13.8. The van der Waals surface area contributed by atoms with Crippen molar-refractivity contribution in [1.82, 2.24) is 34.1 Å². The fourth-order valence-corrected chi connectivity index (χ4v) is 6.13. The van der Waals surface area contributed by atoms with Crippen LogP contribution >= 0.6 is 0 Å². The summed E-state index contributed by atoms with van der Waals surface area (Å²) in [6.07, 6.45) is 8.28. The van der Waals surface area contributed by atoms with Gasteiger partial charge in [0.2, 0.25) is 0 Å². The van der Waals surface area contributed by atoms with E-state index in [1.807, 2.05) is 43.3 Å². The van der Waals surface area contributed by atoms with E-state index in [9.17, 15) is 9.59 Å². The third-order valence-electron chi connectivity index (χ3n) is 8.13. The Morgan fingerprint density at radius 1 is 1.10 bits per heavy atom. The van der Waals surface area contributed by atoms with Crippen LogP contribution in [0, 0.1) is 0 Å². The highest BCUT2D eigenvalue weighted by molar-refractivity contribution is 6.02. The van der Waals surface area contributed by atoms with Crippen LogP contribution in [0.15, 0.2) is 41.6 Å². The van der Waals surface area contributed by atoms with Crippen LogP contribution in [0.1, 0.15) is 69.2 Å². The number of benzene rings is 1. The summed E-state index contributed by atoms with van der Waals surface area (Å²) in [5, 5.41) is 9.01. The number of pyridine rings is 1. The average Bonchev–Trinajstić information content (AvgIpc) is 3.62. The topological polar surface area (TPSA) is 99.2 Å². The molecule has 2 unspecified atom stereocenters. The van der Waals surface area contributed by atoms with E-state index >= 15 is 0 Å². The summed E-state index contributed by atoms with van der Waals surface area (Å²) in [4.78, 5) is 32.7. The van der Waals surface area contributed by atoms with Gasteiger partial charge in [-0.1, -0.05) is 6.07 Å². The second-order valence-corrected chi connectivity index (χ2v) is 12.0. The number of hydrogen-bond donors (Lipinski definition) is 1. The van der Waals surface area contributed by atoms with Crippen molar-refractivity contribution in [1.29, 1.82) is 0 Å². The first kappa shape index (κ1) is 25.6. The summed E-state index contributed by atoms with van der Waals surface area (Å²) in [7, 11) is 3.74. The van der Waals surface area contributed by atoms with Crippen molar-refractivity contribution in [3.8, 4) is 0 Å². The minimum absolute atomic E-state index is 0.0839. The van der Waals surface area contributed by atoms with E-state index in [1.54, 1.807) is 22.7 Å². The number of carbonyl (C=O) groups excluding carboxylic acids is 1. The molecule has 2 aliphatic heterocycles. The van der Waals surface area contributed by atoms with Crippen molar-refractivity contribution in [3.05, 3.63) is 58.4 Å². The first-order chi connectivity index (χ1) is 18.6. The van der Waals surface area contributed by atoms with Gasteiger partial charge < -0.3 is 15.0 Å². The molecule has 206 valence electrons. The van der Waals surface area contributed by atoms with Crippen LogP contribution in [-0.4, -0.2) is 60.1 Å². The zero-order valence-electron chi connectivity index (χ0n) is 23.3. The summed E-state index contributed by atoms with van der Waals surface area (Å²) < 4.78 is 11.0. The van der Waals surface area contributed by atoms with Crippen LogP contribution in [0.25, 0.3) is 21.9 Å². The lowest BCUT2D eigenvalue weighted by atomic mass is 9.86. The number of piperidine rings is 1. The minimum atomic E-state index is -0.560. The third-order valence-corrected chi connectivity index (χ3v) is 8.13. The third kappa shape index (κ3) is 4.71. The highest BCUT2D eigenvalue weighted by Gasteiger charge is 2.33. The number of imidazole rings is 1. The van der Waals surface area contributed by atoms with Crippen molar-refractivity contribution in [2.75, 3.05) is 19.6 Å². The lowest BCUT2D eigenvalue weighted by molar-refractivity contribution is 0.0289. The van der Waals surface area contributed by atoms with Crippen molar-refractivity contribution in [2.45, 2.75) is 63.6 Å². The molecule has 39 heavy (non-hydrogen) atoms. The van der Waals surface area contributed by atoms with Crippen molar-refractivity contribution < 1.29 is 9.53 Å². The number of carbonyl (C=O) groups is 1. The smallest absolute Gasteiger partial charge is 0.410 e. The molecular weight excluding hydrogens is 494 g/mol. The van der Waals surface area contributed by atoms with Crippen LogP contribution in [0.5, 0.6) is 0 Å². The fourth-order valence-electron chi connectivity index (χ4n) is 6.13. The lowest BCUT2D eigenvalue weighted by Crippen LogP contribution is -2.36. The van der Waals surface area contributed by atoms with Crippen LogP contribution in [0.2, 0.25) is 0 Å². The second kappa shape index (κ2) is 9.51. The summed E-state index contributed by atoms with van der Waals surface area (Å²) in [6, 6.07) is 6.65. The van der Waals surface area contributed by atoms with Crippen LogP contribution in [-0.2, 0) is 18.8 Å². The summed E-state index contributed by atoms with van der Waals surface area (Å²) >= 11 is 0. The lowest BCUT2D eigenvalue weighted by Gasteiger charge is -2.30. The predicted octanol–water partition coefficient (Wildman–Crippen LogP) is 4.01. The van der Waals surface area contributed by atoms with Crippen molar-refractivity contribution >= 4 is 28.0 Å². The van der Waals surface area contributed by atoms with E-state index in [1.165, 1.54) is 11.1 Å². The van der Waals surface area contributed by atoms with E-state index < -0.39 is 5.60 Å². The molecule has 0 aliphatic carbocycles. The largest absolute Gasteiger partial charge is 0.444 e. The molecule has 4 aromatic rings. The second-order valence-electron chi connectivity index (χ2n) is 12.0. The summed E-state index contributed by atoms with van der Waals surface area (Å²) in [5.41, 5.74) is 4.39. The molecule has 0 bridgehead atoms. The predicted molar refractivity (Wildman–Crippen MR) is 150 cm³/mol. The molecule has 1 amide bonds. The summed E-state index contributed by atoms with van der Waals surface area (Å²) in [5.74, 6) is 0.371. The van der Waals surface area contributed by atoms with Gasteiger partial charge in [0, 0.05) is 56.9 Å². The molecule has 0 spiro atoms. The fraction of sp³-hybridized carbons (Fsp3) is 0.517. The Balaban J connectivity index is 1.32. The monoisotopic (exact) mass is 531 g/mol. The number of likely N-dealkylation sites (tertiary alicyclic amines) is 1. The molecule has 3 aromatic heterocycles. The van der Waals surface area contributed by atoms with E-state index in [4.69, 9.17) is 9.72 Å². The number of hydrogen-bond acceptors (Lipinski definition) is 6. The molecule has 0 saturated carbocycles. The van der Waals surface area contributed by atoms with Gasteiger partial charge in [-0.25, -0.2) is 9.59 Å². The SMILES string of the molecule is Cn1cc(C2CCC(c3ccc4ncc5c(c4c3)n([C@@H]3CCN(C(=O)OC(C)(C)C)C3)c(=O)n5C)CN2)cn1. The Bertz CT molecular complexity index is 1600. The number of ether oxygens (including phenoxy) is 1. The van der Waals surface area contributed by atoms with Crippen LogP contribution in [0.3, 0.4) is 0 Å². The van der Waals surface area contributed by atoms with E-state index in [0.717, 1.165) is 41.3 Å². The number of nitrogens with zero attached hydrogens (tertiary/aromatic N) is 6. The number of nitrogens with one attached hydrogen (secondary N) is 1. The number of fused-ring (bicyclic) bond motifs is 3. The van der Waals surface area contributed by atoms with Crippen LogP contribution < -0.4 is 11.0 Å². The molecule has 2 aliphatic rings. The van der Waals surface area contributed by atoms with Crippen molar-refractivity contribution in [2.24, 2.45) is 14.1 Å². The average molecular weight is 532 g/mol. The van der Waals surface area contributed by atoms with Gasteiger partial charge in [0.25, 0.3) is 0 Å². The first-order valence-corrected chi connectivity index (χ1v) is 13.8. The number of aromatic nitrogens is 5. The van der Waals surface area contributed by atoms with E-state index in [2.05, 4.69) is 34.8 Å². The highest BCUT2D eigenvalue weighted by Crippen LogP contribution is 2.35. The Morgan fingerprint density at radius 2 is 1.92 bits per heavy atom. The Labute approximate surface area is 227 Å². The van der Waals surface area contributed by atoms with E-state index in [0.29, 0.717) is 31.5 Å². The maximum absolute atomic E-state index is 13.5. The van der Waals surface area contributed by atoms with Crippen LogP contribution in [0.4, 0.5) is 4.79 Å². The number of amides is 1. The van der Waals surface area contributed by atoms with Gasteiger partial charge in [0.1, 0.15) is 5.60 Å². The van der Waals surface area contributed by atoms with Gasteiger partial charge in [-0.2, -0.15) is 5.10 Å². The standard InChI is InChI=1S/C29H37N7O3/c1-29(2,3)39-28(38)35-11-10-21(17-35)36-26-22-12-18(6-9-24(22)31-15-25(26)34(5)27(36)37)19-7-8-23(30-13-19)20-14-32-33(4)16-20/h6,9,12,14-16,19,21,23,30H,7-8,10-11,13,17H2,1-5H3/t19?,21-,23?/m1/s1. The van der Waals surface area contributed by atoms with Gasteiger partial charge in [0.15, 0.2) is 0 Å². The van der Waals surface area contributed by atoms with Gasteiger partial charge in [-0.05, 0) is 63.6 Å². The molecule has 10 heteroatoms. The molecular formula is C29H37N7O3. The molecule has 1 N–H and O–H groups in total. The molecule has 2 fully saturated rings. The van der Waals surface area contributed by atoms with Gasteiger partial charge in [0.05, 0.1) is 35.0 Å². The molecule has 10 nitrogen and oxygen atoms in total. The molecule has 3 atom stereocenters. The Kier molecular flexibility index (Phi) is 6.25. The molecule has 5 heterocycles. The Morgan fingerprint density at radius 3 is 2.62 bits per heavy atom. The molecule has 2 saturated heterocycles. The van der Waals surface area contributed by atoms with Gasteiger partial charge >= 0.3 is 11.8 Å². The van der Waals surface area contributed by atoms with Gasteiger partial charge in [-0.3, -0.25) is 18.8 Å². The number of aryl methyl sites for hydroxylation is 2. The van der Waals surface area contributed by atoms with Crippen molar-refractivity contribution in [3.63, 3.8) is 0 Å². The number of rotatable bonds is 3. The quantitative estimate of drug-likeness (QED) is 0.429. The minimum Gasteiger partial charge on any atom is -0.444 e. The normalized spacial score (nSPS) is 22.2. The van der Waals surface area contributed by atoms with E-state index in [-0.39, 0.29) is 17.8 Å². The maximum Gasteiger partial charge on any atom is 0.410 e. The highest BCUT2D eigenvalue weighted by atomic mass is 16.6. The zero-order valence-corrected chi connectivity index (χ0v) is 23.3. The molecule has 0 radical (unpaired) electrons. The molecule has 1 aromatic carbocycles. The molecule has 6 rings (SSSR count).